The second-order valence-corrected chi connectivity index (χ2v) is 9.46. The Labute approximate surface area is 202 Å². The third-order valence-electron chi connectivity index (χ3n) is 6.86. The topological polar surface area (TPSA) is 79.7 Å². The molecule has 1 N–H and O–H groups in total. The molecule has 35 heavy (non-hydrogen) atoms. The Bertz CT molecular complexity index is 1080. The van der Waals surface area contributed by atoms with Crippen LogP contribution in [0.3, 0.4) is 0 Å². The van der Waals surface area contributed by atoms with Gasteiger partial charge in [0.2, 0.25) is 5.91 Å². The van der Waals surface area contributed by atoms with Crippen LogP contribution in [0.2, 0.25) is 0 Å². The van der Waals surface area contributed by atoms with Gasteiger partial charge in [-0.2, -0.15) is 0 Å². The SMILES string of the molecule is Cc1ncn(C2CN(C)C2)c1NC(=O)C1CCCC(N(C)C(=O)c2cccc(OC(F)(F)F)c2)C1. The van der Waals surface area contributed by atoms with Crippen LogP contribution in [-0.4, -0.2) is 70.8 Å². The van der Waals surface area contributed by atoms with E-state index in [1.807, 2.05) is 18.5 Å². The Kier molecular flexibility index (Phi) is 7.07. The lowest BCUT2D eigenvalue weighted by Crippen LogP contribution is -2.45. The second kappa shape index (κ2) is 9.88. The average molecular weight is 494 g/mol. The molecule has 2 fully saturated rings. The van der Waals surface area contributed by atoms with Crippen molar-refractivity contribution in [1.82, 2.24) is 19.4 Å². The number of alkyl halides is 3. The monoisotopic (exact) mass is 493 g/mol. The van der Waals surface area contributed by atoms with Gasteiger partial charge < -0.3 is 24.4 Å². The van der Waals surface area contributed by atoms with E-state index in [4.69, 9.17) is 0 Å². The fraction of sp³-hybridized carbons (Fsp3) is 0.542. The van der Waals surface area contributed by atoms with Gasteiger partial charge in [-0.25, -0.2) is 4.98 Å². The van der Waals surface area contributed by atoms with Gasteiger partial charge in [0.15, 0.2) is 0 Å². The number of hydrogen-bond acceptors (Lipinski definition) is 5. The van der Waals surface area contributed by atoms with Gasteiger partial charge in [-0.15, -0.1) is 13.2 Å². The Morgan fingerprint density at radius 1 is 1.23 bits per heavy atom. The second-order valence-electron chi connectivity index (χ2n) is 9.46. The molecule has 8 nitrogen and oxygen atoms in total. The molecule has 2 amide bonds. The number of likely N-dealkylation sites (tertiary alicyclic amines) is 1. The summed E-state index contributed by atoms with van der Waals surface area (Å²) in [6, 6.07) is 5.12. The molecule has 2 aliphatic rings. The lowest BCUT2D eigenvalue weighted by atomic mass is 9.84. The highest BCUT2D eigenvalue weighted by molar-refractivity contribution is 5.95. The lowest BCUT2D eigenvalue weighted by Gasteiger charge is -2.38. The smallest absolute Gasteiger partial charge is 0.406 e. The number of nitrogens with one attached hydrogen (secondary N) is 1. The Balaban J connectivity index is 1.40. The van der Waals surface area contributed by atoms with Crippen LogP contribution in [0.25, 0.3) is 0 Å². The number of likely N-dealkylation sites (N-methyl/N-ethyl adjacent to an activating group) is 1. The number of halogens is 3. The van der Waals surface area contributed by atoms with Gasteiger partial charge in [0.05, 0.1) is 18.1 Å². The summed E-state index contributed by atoms with van der Waals surface area (Å²) in [6.07, 6.45) is -0.403. The lowest BCUT2D eigenvalue weighted by molar-refractivity contribution is -0.274. The van der Waals surface area contributed by atoms with E-state index in [1.54, 1.807) is 13.4 Å². The number of aromatic nitrogens is 2. The van der Waals surface area contributed by atoms with Crippen molar-refractivity contribution in [2.24, 2.45) is 5.92 Å². The highest BCUT2D eigenvalue weighted by Gasteiger charge is 2.34. The zero-order valence-electron chi connectivity index (χ0n) is 20.0. The van der Waals surface area contributed by atoms with E-state index in [0.29, 0.717) is 18.7 Å². The van der Waals surface area contributed by atoms with Crippen molar-refractivity contribution in [2.75, 3.05) is 32.5 Å². The van der Waals surface area contributed by atoms with E-state index in [-0.39, 0.29) is 29.5 Å². The van der Waals surface area contributed by atoms with Gasteiger partial charge in [-0.1, -0.05) is 12.5 Å². The summed E-state index contributed by atoms with van der Waals surface area (Å²) in [7, 11) is 3.66. The third kappa shape index (κ3) is 5.77. The molecular weight excluding hydrogens is 463 g/mol. The van der Waals surface area contributed by atoms with Crippen LogP contribution in [0, 0.1) is 12.8 Å². The molecule has 2 unspecified atom stereocenters. The molecule has 0 radical (unpaired) electrons. The molecular formula is C24H30F3N5O3. The number of imidazole rings is 1. The molecule has 2 atom stereocenters. The molecule has 1 aliphatic carbocycles. The summed E-state index contributed by atoms with van der Waals surface area (Å²) >= 11 is 0. The number of aryl methyl sites for hydroxylation is 1. The minimum absolute atomic E-state index is 0.103. The van der Waals surface area contributed by atoms with Crippen molar-refractivity contribution in [3.05, 3.63) is 41.9 Å². The number of rotatable bonds is 6. The van der Waals surface area contributed by atoms with Crippen molar-refractivity contribution in [3.63, 3.8) is 0 Å². The van der Waals surface area contributed by atoms with Crippen molar-refractivity contribution >= 4 is 17.6 Å². The molecule has 0 spiro atoms. The highest BCUT2D eigenvalue weighted by atomic mass is 19.4. The van der Waals surface area contributed by atoms with E-state index in [1.165, 1.54) is 17.0 Å². The molecule has 4 rings (SSSR count). The minimum Gasteiger partial charge on any atom is -0.406 e. The summed E-state index contributed by atoms with van der Waals surface area (Å²) in [4.78, 5) is 34.2. The number of ether oxygens (including phenoxy) is 1. The first-order valence-electron chi connectivity index (χ1n) is 11.7. The average Bonchev–Trinajstić information content (AvgIpc) is 3.14. The maximum Gasteiger partial charge on any atom is 0.573 e. The highest BCUT2D eigenvalue weighted by Crippen LogP contribution is 2.31. The van der Waals surface area contributed by atoms with Gasteiger partial charge in [-0.3, -0.25) is 9.59 Å². The van der Waals surface area contributed by atoms with E-state index >= 15 is 0 Å². The molecule has 1 aromatic heterocycles. The summed E-state index contributed by atoms with van der Waals surface area (Å²) in [5, 5.41) is 3.06. The van der Waals surface area contributed by atoms with E-state index in [0.717, 1.165) is 43.8 Å². The molecule has 190 valence electrons. The number of anilines is 1. The largest absolute Gasteiger partial charge is 0.573 e. The molecule has 2 heterocycles. The third-order valence-corrected chi connectivity index (χ3v) is 6.86. The molecule has 1 saturated carbocycles. The summed E-state index contributed by atoms with van der Waals surface area (Å²) in [5.74, 6) is -0.528. The Hall–Kier alpha value is -3.08. The standard InChI is InChI=1S/C24H30F3N5O3/c1-15-21(32(14-28-15)19-12-30(2)13-19)29-22(33)16-6-4-8-18(10-16)31(3)23(34)17-7-5-9-20(11-17)35-24(25,26)27/h5,7,9,11,14,16,18-19H,4,6,8,10,12-13H2,1-3H3,(H,29,33). The van der Waals surface area contributed by atoms with Crippen molar-refractivity contribution in [3.8, 4) is 5.75 Å². The van der Waals surface area contributed by atoms with Crippen molar-refractivity contribution < 1.29 is 27.5 Å². The number of carbonyl (C=O) groups excluding carboxylic acids is 2. The zero-order chi connectivity index (χ0) is 25.3. The van der Waals surface area contributed by atoms with Crippen LogP contribution in [0.15, 0.2) is 30.6 Å². The number of benzene rings is 1. The maximum atomic E-state index is 13.2. The predicted molar refractivity (Wildman–Crippen MR) is 123 cm³/mol. The maximum absolute atomic E-state index is 13.2. The number of amides is 2. The van der Waals surface area contributed by atoms with E-state index < -0.39 is 18.0 Å². The van der Waals surface area contributed by atoms with Crippen LogP contribution in [0.1, 0.15) is 47.8 Å². The molecule has 1 aliphatic heterocycles. The van der Waals surface area contributed by atoms with Gasteiger partial charge in [0, 0.05) is 37.7 Å². The van der Waals surface area contributed by atoms with Gasteiger partial charge in [0.1, 0.15) is 11.6 Å². The Morgan fingerprint density at radius 2 is 1.97 bits per heavy atom. The first-order valence-corrected chi connectivity index (χ1v) is 11.7. The van der Waals surface area contributed by atoms with Crippen LogP contribution >= 0.6 is 0 Å². The minimum atomic E-state index is -4.83. The zero-order valence-corrected chi connectivity index (χ0v) is 20.0. The normalized spacial score (nSPS) is 21.3. The molecule has 2 aromatic rings. The number of carbonyl (C=O) groups is 2. The summed E-state index contributed by atoms with van der Waals surface area (Å²) in [6.45, 7) is 3.65. The van der Waals surface area contributed by atoms with Crippen molar-refractivity contribution in [2.45, 2.75) is 51.1 Å². The van der Waals surface area contributed by atoms with Crippen LogP contribution in [-0.2, 0) is 4.79 Å². The van der Waals surface area contributed by atoms with Crippen LogP contribution < -0.4 is 10.1 Å². The first kappa shape index (κ1) is 25.0. The van der Waals surface area contributed by atoms with Crippen molar-refractivity contribution in [1.29, 1.82) is 0 Å². The number of hydrogen-bond donors (Lipinski definition) is 1. The van der Waals surface area contributed by atoms with Crippen LogP contribution in [0.4, 0.5) is 19.0 Å². The molecule has 1 saturated heterocycles. The summed E-state index contributed by atoms with van der Waals surface area (Å²) < 4.78 is 43.6. The van der Waals surface area contributed by atoms with E-state index in [2.05, 4.69) is 19.9 Å². The quantitative estimate of drug-likeness (QED) is 0.662. The van der Waals surface area contributed by atoms with Crippen LogP contribution in [0.5, 0.6) is 5.75 Å². The predicted octanol–water partition coefficient (Wildman–Crippen LogP) is 3.85. The van der Waals surface area contributed by atoms with Gasteiger partial charge in [-0.05, 0) is 51.4 Å². The summed E-state index contributed by atoms with van der Waals surface area (Å²) in [5.41, 5.74) is 0.860. The molecule has 0 bridgehead atoms. The molecule has 11 heteroatoms. The first-order chi connectivity index (χ1) is 16.5. The van der Waals surface area contributed by atoms with Gasteiger partial charge in [0.25, 0.3) is 5.91 Å². The number of nitrogens with zero attached hydrogens (tertiary/aromatic N) is 4. The fourth-order valence-electron chi connectivity index (χ4n) is 4.90. The Morgan fingerprint density at radius 3 is 2.66 bits per heavy atom. The van der Waals surface area contributed by atoms with Gasteiger partial charge >= 0.3 is 6.36 Å². The fourth-order valence-corrected chi connectivity index (χ4v) is 4.90. The molecule has 1 aromatic carbocycles. The van der Waals surface area contributed by atoms with E-state index in [9.17, 15) is 22.8 Å².